The lowest BCUT2D eigenvalue weighted by Gasteiger charge is -2.35. The van der Waals surface area contributed by atoms with Crippen LogP contribution < -0.4 is 9.64 Å². The van der Waals surface area contributed by atoms with E-state index in [4.69, 9.17) is 4.74 Å². The average Bonchev–Trinajstić information content (AvgIpc) is 2.67. The molecule has 1 fully saturated rings. The molecule has 0 aliphatic carbocycles. The zero-order chi connectivity index (χ0) is 21.3. The maximum atomic E-state index is 13.9. The van der Waals surface area contributed by atoms with Crippen LogP contribution in [0.1, 0.15) is 0 Å². The Labute approximate surface area is 164 Å². The number of anilines is 1. The predicted octanol–water partition coefficient (Wildman–Crippen LogP) is 2.53. The molecule has 1 heterocycles. The minimum absolute atomic E-state index is 0.0394. The molecular formula is C17H16F3N3O5S. The van der Waals surface area contributed by atoms with Crippen LogP contribution in [0, 0.1) is 27.6 Å². The lowest BCUT2D eigenvalue weighted by molar-refractivity contribution is -0.384. The number of nitrogens with zero attached hydrogens (tertiary/aromatic N) is 3. The van der Waals surface area contributed by atoms with Crippen molar-refractivity contribution >= 4 is 21.4 Å². The third kappa shape index (κ3) is 3.98. The molecule has 2 aromatic rings. The van der Waals surface area contributed by atoms with Gasteiger partial charge in [0.25, 0.3) is 5.69 Å². The number of nitro benzene ring substituents is 1. The number of rotatable bonds is 5. The molecule has 0 N–H and O–H groups in total. The predicted molar refractivity (Wildman–Crippen MR) is 96.9 cm³/mol. The molecule has 3 rings (SSSR count). The Morgan fingerprint density at radius 2 is 1.69 bits per heavy atom. The molecule has 156 valence electrons. The summed E-state index contributed by atoms with van der Waals surface area (Å²) < 4.78 is 72.0. The van der Waals surface area contributed by atoms with E-state index in [0.29, 0.717) is 6.07 Å². The number of piperazine rings is 1. The largest absolute Gasteiger partial charge is 0.494 e. The molecule has 1 aliphatic rings. The van der Waals surface area contributed by atoms with Crippen LogP contribution in [0.3, 0.4) is 0 Å². The van der Waals surface area contributed by atoms with Crippen LogP contribution in [0.15, 0.2) is 35.2 Å². The summed E-state index contributed by atoms with van der Waals surface area (Å²) in [4.78, 5) is 11.4. The van der Waals surface area contributed by atoms with Gasteiger partial charge in [-0.25, -0.2) is 21.6 Å². The highest BCUT2D eigenvalue weighted by atomic mass is 32.2. The van der Waals surface area contributed by atoms with Crippen LogP contribution in [0.2, 0.25) is 0 Å². The molecule has 0 aromatic heterocycles. The van der Waals surface area contributed by atoms with Crippen LogP contribution in [-0.4, -0.2) is 50.9 Å². The van der Waals surface area contributed by atoms with Crippen molar-refractivity contribution in [2.45, 2.75) is 4.90 Å². The quantitative estimate of drug-likeness (QED) is 0.534. The van der Waals surface area contributed by atoms with E-state index in [1.807, 2.05) is 0 Å². The Morgan fingerprint density at radius 1 is 1.03 bits per heavy atom. The lowest BCUT2D eigenvalue weighted by atomic mass is 10.2. The smallest absolute Gasteiger partial charge is 0.295 e. The standard InChI is InChI=1S/C17H16F3N3O5S/c1-28-16-10-14(15(23(24)25)9-12(16)19)21-4-6-22(7-5-21)29(26,27)17-3-2-11(18)8-13(17)20/h2-3,8-10H,4-7H2,1H3. The average molecular weight is 431 g/mol. The third-order valence-electron chi connectivity index (χ3n) is 4.54. The summed E-state index contributed by atoms with van der Waals surface area (Å²) in [6, 6.07) is 4.10. The first-order valence-electron chi connectivity index (χ1n) is 8.37. The summed E-state index contributed by atoms with van der Waals surface area (Å²) in [7, 11) is -3.00. The number of benzene rings is 2. The number of halogens is 3. The number of methoxy groups -OCH3 is 1. The Kier molecular flexibility index (Phi) is 5.66. The van der Waals surface area contributed by atoms with E-state index >= 15 is 0 Å². The van der Waals surface area contributed by atoms with Crippen LogP contribution in [0.25, 0.3) is 0 Å². The molecule has 1 aliphatic heterocycles. The van der Waals surface area contributed by atoms with Gasteiger partial charge in [-0.15, -0.1) is 0 Å². The maximum Gasteiger partial charge on any atom is 0.295 e. The maximum absolute atomic E-state index is 13.9. The third-order valence-corrected chi connectivity index (χ3v) is 6.47. The van der Waals surface area contributed by atoms with Crippen LogP contribution in [0.4, 0.5) is 24.5 Å². The minimum Gasteiger partial charge on any atom is -0.494 e. The van der Waals surface area contributed by atoms with E-state index < -0.39 is 43.0 Å². The summed E-state index contributed by atoms with van der Waals surface area (Å²) in [5.74, 6) is -3.18. The monoisotopic (exact) mass is 431 g/mol. The van der Waals surface area contributed by atoms with Crippen molar-refractivity contribution in [1.82, 2.24) is 4.31 Å². The molecule has 0 atom stereocenters. The second kappa shape index (κ2) is 7.87. The van der Waals surface area contributed by atoms with Gasteiger partial charge in [-0.1, -0.05) is 0 Å². The zero-order valence-electron chi connectivity index (χ0n) is 15.1. The number of ether oxygens (including phenoxy) is 1. The normalized spacial score (nSPS) is 15.4. The molecule has 29 heavy (non-hydrogen) atoms. The van der Waals surface area contributed by atoms with Crippen molar-refractivity contribution in [2.24, 2.45) is 0 Å². The minimum atomic E-state index is -4.21. The first-order chi connectivity index (χ1) is 13.6. The Hall–Kier alpha value is -2.86. The van der Waals surface area contributed by atoms with Gasteiger partial charge < -0.3 is 9.64 Å². The van der Waals surface area contributed by atoms with E-state index in [1.165, 1.54) is 18.1 Å². The number of nitro groups is 1. The first-order valence-corrected chi connectivity index (χ1v) is 9.81. The summed E-state index contributed by atoms with van der Waals surface area (Å²) in [5.41, 5.74) is -0.401. The fraction of sp³-hybridized carbons (Fsp3) is 0.294. The Balaban J connectivity index is 1.85. The Bertz CT molecular complexity index is 1060. The second-order valence-corrected chi connectivity index (χ2v) is 8.10. The molecule has 1 saturated heterocycles. The highest BCUT2D eigenvalue weighted by Crippen LogP contribution is 2.35. The fourth-order valence-corrected chi connectivity index (χ4v) is 4.55. The molecule has 0 spiro atoms. The second-order valence-electron chi connectivity index (χ2n) is 6.20. The summed E-state index contributed by atoms with van der Waals surface area (Å²) in [6.45, 7) is -0.124. The van der Waals surface area contributed by atoms with Crippen molar-refractivity contribution in [2.75, 3.05) is 38.2 Å². The summed E-state index contributed by atoms with van der Waals surface area (Å²) in [6.07, 6.45) is 0. The van der Waals surface area contributed by atoms with E-state index in [-0.39, 0.29) is 37.6 Å². The topological polar surface area (TPSA) is 93.0 Å². The molecule has 0 amide bonds. The van der Waals surface area contributed by atoms with E-state index in [1.54, 1.807) is 0 Å². The van der Waals surface area contributed by atoms with Crippen molar-refractivity contribution in [3.63, 3.8) is 0 Å². The van der Waals surface area contributed by atoms with E-state index in [2.05, 4.69) is 0 Å². The molecule has 0 radical (unpaired) electrons. The zero-order valence-corrected chi connectivity index (χ0v) is 16.0. The number of hydrogen-bond donors (Lipinski definition) is 0. The summed E-state index contributed by atoms with van der Waals surface area (Å²) >= 11 is 0. The van der Waals surface area contributed by atoms with Gasteiger partial charge in [-0.2, -0.15) is 4.31 Å². The van der Waals surface area contributed by atoms with Crippen molar-refractivity contribution in [1.29, 1.82) is 0 Å². The number of sulfonamides is 1. The van der Waals surface area contributed by atoms with Crippen molar-refractivity contribution < 1.29 is 31.2 Å². The SMILES string of the molecule is COc1cc(N2CCN(S(=O)(=O)c3ccc(F)cc3F)CC2)c([N+](=O)[O-])cc1F. The van der Waals surface area contributed by atoms with E-state index in [9.17, 15) is 31.7 Å². The van der Waals surface area contributed by atoms with Gasteiger partial charge >= 0.3 is 0 Å². The van der Waals surface area contributed by atoms with Crippen molar-refractivity contribution in [3.05, 3.63) is 57.9 Å². The van der Waals surface area contributed by atoms with Crippen LogP contribution in [0.5, 0.6) is 5.75 Å². The van der Waals surface area contributed by atoms with Crippen LogP contribution in [-0.2, 0) is 10.0 Å². The van der Waals surface area contributed by atoms with Gasteiger partial charge in [-0.3, -0.25) is 10.1 Å². The molecule has 12 heteroatoms. The van der Waals surface area contributed by atoms with Gasteiger partial charge in [0.05, 0.1) is 18.1 Å². The molecule has 0 unspecified atom stereocenters. The van der Waals surface area contributed by atoms with Gasteiger partial charge in [0.2, 0.25) is 10.0 Å². The highest BCUT2D eigenvalue weighted by molar-refractivity contribution is 7.89. The van der Waals surface area contributed by atoms with Crippen molar-refractivity contribution in [3.8, 4) is 5.75 Å². The van der Waals surface area contributed by atoms with Gasteiger partial charge in [0.1, 0.15) is 22.2 Å². The molecule has 2 aromatic carbocycles. The Morgan fingerprint density at radius 3 is 2.24 bits per heavy atom. The fourth-order valence-electron chi connectivity index (χ4n) is 3.08. The van der Waals surface area contributed by atoms with Gasteiger partial charge in [-0.05, 0) is 12.1 Å². The van der Waals surface area contributed by atoms with E-state index in [0.717, 1.165) is 22.5 Å². The molecule has 0 bridgehead atoms. The van der Waals surface area contributed by atoms with Gasteiger partial charge in [0.15, 0.2) is 11.6 Å². The lowest BCUT2D eigenvalue weighted by Crippen LogP contribution is -2.49. The molecule has 0 saturated carbocycles. The van der Waals surface area contributed by atoms with Crippen LogP contribution >= 0.6 is 0 Å². The molecule has 8 nitrogen and oxygen atoms in total. The first kappa shape index (κ1) is 20.9. The summed E-state index contributed by atoms with van der Waals surface area (Å²) in [5, 5.41) is 11.3. The highest BCUT2D eigenvalue weighted by Gasteiger charge is 2.33. The molecular weight excluding hydrogens is 415 g/mol. The van der Waals surface area contributed by atoms with Gasteiger partial charge in [0, 0.05) is 38.3 Å². The number of hydrogen-bond acceptors (Lipinski definition) is 6.